The van der Waals surface area contributed by atoms with Crippen molar-refractivity contribution in [3.05, 3.63) is 18.2 Å². The molecule has 1 aromatic rings. The van der Waals surface area contributed by atoms with Crippen LogP contribution in [-0.2, 0) is 20.7 Å². The second-order valence-corrected chi connectivity index (χ2v) is 4.83. The maximum atomic E-state index is 12.1. The molecule has 19 heavy (non-hydrogen) atoms. The first-order valence-electron chi connectivity index (χ1n) is 6.16. The molecule has 0 aliphatic carbocycles. The highest BCUT2D eigenvalue weighted by Gasteiger charge is 2.39. The largest absolute Gasteiger partial charge is 0.480 e. The van der Waals surface area contributed by atoms with Crippen molar-refractivity contribution in [2.75, 3.05) is 6.61 Å². The SMILES string of the molecule is CC1(C(=O)NC(Cc2cnc[nH]2)C(=O)O)CCCO1. The van der Waals surface area contributed by atoms with Gasteiger partial charge < -0.3 is 20.1 Å². The Kier molecular flexibility index (Phi) is 3.84. The fourth-order valence-electron chi connectivity index (χ4n) is 2.09. The zero-order chi connectivity index (χ0) is 13.9. The van der Waals surface area contributed by atoms with E-state index in [1.165, 1.54) is 12.5 Å². The topological polar surface area (TPSA) is 104 Å². The number of imidazole rings is 1. The quantitative estimate of drug-likeness (QED) is 0.701. The number of aromatic nitrogens is 2. The summed E-state index contributed by atoms with van der Waals surface area (Å²) in [5.74, 6) is -1.46. The van der Waals surface area contributed by atoms with E-state index in [-0.39, 0.29) is 12.3 Å². The minimum atomic E-state index is -1.08. The zero-order valence-corrected chi connectivity index (χ0v) is 10.7. The Morgan fingerprint density at radius 3 is 3.00 bits per heavy atom. The van der Waals surface area contributed by atoms with E-state index in [0.717, 1.165) is 6.42 Å². The summed E-state index contributed by atoms with van der Waals surface area (Å²) in [6, 6.07) is -0.992. The normalized spacial score (nSPS) is 24.1. The van der Waals surface area contributed by atoms with Crippen molar-refractivity contribution in [2.45, 2.75) is 37.8 Å². The number of ether oxygens (including phenoxy) is 1. The van der Waals surface area contributed by atoms with Gasteiger partial charge in [0, 0.05) is 24.9 Å². The summed E-state index contributed by atoms with van der Waals surface area (Å²) in [5, 5.41) is 11.7. The summed E-state index contributed by atoms with van der Waals surface area (Å²) >= 11 is 0. The summed E-state index contributed by atoms with van der Waals surface area (Å²) in [6.45, 7) is 2.21. The molecule has 7 nitrogen and oxygen atoms in total. The molecule has 2 rings (SSSR count). The van der Waals surface area contributed by atoms with Gasteiger partial charge in [-0.05, 0) is 19.8 Å². The molecule has 2 heterocycles. The lowest BCUT2D eigenvalue weighted by Gasteiger charge is -2.24. The van der Waals surface area contributed by atoms with Crippen LogP contribution in [0.25, 0.3) is 0 Å². The standard InChI is InChI=1S/C12H17N3O4/c1-12(3-2-4-19-12)11(18)15-9(10(16)17)5-8-6-13-7-14-8/h6-7,9H,2-5H2,1H3,(H,13,14)(H,15,18)(H,16,17). The number of amides is 1. The number of carbonyl (C=O) groups excluding carboxylic acids is 1. The van der Waals surface area contributed by atoms with E-state index in [1.54, 1.807) is 6.92 Å². The van der Waals surface area contributed by atoms with Crippen LogP contribution < -0.4 is 5.32 Å². The molecule has 0 aromatic carbocycles. The monoisotopic (exact) mass is 267 g/mol. The van der Waals surface area contributed by atoms with Gasteiger partial charge in [-0.25, -0.2) is 9.78 Å². The van der Waals surface area contributed by atoms with Crippen molar-refractivity contribution in [1.29, 1.82) is 0 Å². The van der Waals surface area contributed by atoms with Gasteiger partial charge in [0.2, 0.25) is 0 Å². The Morgan fingerprint density at radius 1 is 1.68 bits per heavy atom. The third-order valence-electron chi connectivity index (χ3n) is 3.28. The molecule has 7 heteroatoms. The van der Waals surface area contributed by atoms with Crippen LogP contribution in [0.2, 0.25) is 0 Å². The van der Waals surface area contributed by atoms with Crippen molar-refractivity contribution >= 4 is 11.9 Å². The average Bonchev–Trinajstić information content (AvgIpc) is 3.00. The zero-order valence-electron chi connectivity index (χ0n) is 10.7. The van der Waals surface area contributed by atoms with Gasteiger partial charge in [0.05, 0.1) is 6.33 Å². The maximum Gasteiger partial charge on any atom is 0.326 e. The number of rotatable bonds is 5. The molecule has 1 fully saturated rings. The molecule has 0 radical (unpaired) electrons. The maximum absolute atomic E-state index is 12.1. The Bertz CT molecular complexity index is 452. The Morgan fingerprint density at radius 2 is 2.47 bits per heavy atom. The Labute approximate surface area is 110 Å². The van der Waals surface area contributed by atoms with E-state index in [4.69, 9.17) is 9.84 Å². The number of H-pyrrole nitrogens is 1. The summed E-state index contributed by atoms with van der Waals surface area (Å²) in [4.78, 5) is 29.9. The van der Waals surface area contributed by atoms with Gasteiger partial charge in [0.1, 0.15) is 11.6 Å². The molecule has 3 N–H and O–H groups in total. The Balaban J connectivity index is 2.00. The highest BCUT2D eigenvalue weighted by molar-refractivity contribution is 5.89. The van der Waals surface area contributed by atoms with Gasteiger partial charge in [-0.3, -0.25) is 4.79 Å². The fraction of sp³-hybridized carbons (Fsp3) is 0.583. The van der Waals surface area contributed by atoms with Crippen LogP contribution in [0, 0.1) is 0 Å². The second-order valence-electron chi connectivity index (χ2n) is 4.83. The van der Waals surface area contributed by atoms with E-state index in [9.17, 15) is 9.59 Å². The van der Waals surface area contributed by atoms with E-state index in [0.29, 0.717) is 18.7 Å². The van der Waals surface area contributed by atoms with Gasteiger partial charge in [-0.15, -0.1) is 0 Å². The van der Waals surface area contributed by atoms with Gasteiger partial charge in [0.25, 0.3) is 5.91 Å². The van der Waals surface area contributed by atoms with E-state index < -0.39 is 17.6 Å². The van der Waals surface area contributed by atoms with Gasteiger partial charge in [-0.2, -0.15) is 0 Å². The number of hydrogen-bond donors (Lipinski definition) is 3. The molecule has 0 bridgehead atoms. The first kappa shape index (κ1) is 13.5. The summed E-state index contributed by atoms with van der Waals surface area (Å²) in [6.07, 6.45) is 4.59. The van der Waals surface area contributed by atoms with Crippen molar-refractivity contribution < 1.29 is 19.4 Å². The average molecular weight is 267 g/mol. The number of nitrogens with one attached hydrogen (secondary N) is 2. The molecular formula is C12H17N3O4. The van der Waals surface area contributed by atoms with Gasteiger partial charge >= 0.3 is 5.97 Å². The van der Waals surface area contributed by atoms with Crippen molar-refractivity contribution in [3.63, 3.8) is 0 Å². The fourth-order valence-corrected chi connectivity index (χ4v) is 2.09. The lowest BCUT2D eigenvalue weighted by molar-refractivity contribution is -0.147. The van der Waals surface area contributed by atoms with Crippen LogP contribution in [0.3, 0.4) is 0 Å². The minimum absolute atomic E-state index is 0.164. The number of aromatic amines is 1. The molecule has 1 aliphatic rings. The predicted octanol–water partition coefficient (Wildman–Crippen LogP) is 0.0907. The minimum Gasteiger partial charge on any atom is -0.480 e. The third-order valence-corrected chi connectivity index (χ3v) is 3.28. The van der Waals surface area contributed by atoms with E-state index in [2.05, 4.69) is 15.3 Å². The molecule has 2 atom stereocenters. The first-order valence-corrected chi connectivity index (χ1v) is 6.16. The van der Waals surface area contributed by atoms with Gasteiger partial charge in [-0.1, -0.05) is 0 Å². The number of carboxylic acid groups (broad SMARTS) is 1. The summed E-state index contributed by atoms with van der Waals surface area (Å²) in [7, 11) is 0. The number of carbonyl (C=O) groups is 2. The molecule has 0 spiro atoms. The smallest absolute Gasteiger partial charge is 0.326 e. The van der Waals surface area contributed by atoms with E-state index in [1.807, 2.05) is 0 Å². The first-order chi connectivity index (χ1) is 9.01. The van der Waals surface area contributed by atoms with E-state index >= 15 is 0 Å². The number of hydrogen-bond acceptors (Lipinski definition) is 4. The number of nitrogens with zero attached hydrogens (tertiary/aromatic N) is 1. The third kappa shape index (κ3) is 3.11. The Hall–Kier alpha value is -1.89. The van der Waals surface area contributed by atoms with Crippen LogP contribution in [0.4, 0.5) is 0 Å². The van der Waals surface area contributed by atoms with Gasteiger partial charge in [0.15, 0.2) is 0 Å². The molecule has 1 aliphatic heterocycles. The molecule has 1 aromatic heterocycles. The lowest BCUT2D eigenvalue weighted by atomic mass is 10.0. The molecule has 2 unspecified atom stereocenters. The highest BCUT2D eigenvalue weighted by atomic mass is 16.5. The summed E-state index contributed by atoms with van der Waals surface area (Å²) in [5.41, 5.74) is -0.257. The van der Waals surface area contributed by atoms with Crippen LogP contribution >= 0.6 is 0 Å². The second kappa shape index (κ2) is 5.40. The van der Waals surface area contributed by atoms with Crippen LogP contribution in [0.5, 0.6) is 0 Å². The highest BCUT2D eigenvalue weighted by Crippen LogP contribution is 2.25. The van der Waals surface area contributed by atoms with Crippen molar-refractivity contribution in [1.82, 2.24) is 15.3 Å². The predicted molar refractivity (Wildman–Crippen MR) is 65.4 cm³/mol. The summed E-state index contributed by atoms with van der Waals surface area (Å²) < 4.78 is 5.39. The van der Waals surface area contributed by atoms with Crippen molar-refractivity contribution in [2.24, 2.45) is 0 Å². The molecule has 1 amide bonds. The van der Waals surface area contributed by atoms with Crippen LogP contribution in [-0.4, -0.2) is 45.2 Å². The molecular weight excluding hydrogens is 250 g/mol. The molecule has 1 saturated heterocycles. The van der Waals surface area contributed by atoms with Crippen LogP contribution in [0.1, 0.15) is 25.5 Å². The number of aliphatic carboxylic acids is 1. The molecule has 104 valence electrons. The lowest BCUT2D eigenvalue weighted by Crippen LogP contribution is -2.51. The molecule has 0 saturated carbocycles. The van der Waals surface area contributed by atoms with Crippen LogP contribution in [0.15, 0.2) is 12.5 Å². The number of carboxylic acids is 1. The van der Waals surface area contributed by atoms with Crippen molar-refractivity contribution in [3.8, 4) is 0 Å².